The maximum absolute atomic E-state index is 14.7. The van der Waals surface area contributed by atoms with Gasteiger partial charge in [0.1, 0.15) is 5.69 Å². The Bertz CT molecular complexity index is 952. The highest BCUT2D eigenvalue weighted by Gasteiger charge is 2.24. The topological polar surface area (TPSA) is 77.0 Å². The normalized spacial score (nSPS) is 11.3. The second-order valence-electron chi connectivity index (χ2n) is 6.66. The third-order valence-corrected chi connectivity index (χ3v) is 5.38. The first kappa shape index (κ1) is 20.3. The Morgan fingerprint density at radius 1 is 1.29 bits per heavy atom. The van der Waals surface area contributed by atoms with E-state index in [-0.39, 0.29) is 28.1 Å². The van der Waals surface area contributed by atoms with Crippen molar-refractivity contribution in [2.75, 3.05) is 5.48 Å². The van der Waals surface area contributed by atoms with Crippen LogP contribution in [0.4, 0.5) is 10.2 Å². The molecule has 3 rings (SSSR count). The van der Waals surface area contributed by atoms with Crippen LogP contribution in [-0.4, -0.2) is 20.9 Å². The summed E-state index contributed by atoms with van der Waals surface area (Å²) in [7, 11) is 0. The highest BCUT2D eigenvalue weighted by Crippen LogP contribution is 2.30. The molecule has 0 aromatic carbocycles. The summed E-state index contributed by atoms with van der Waals surface area (Å²) in [4.78, 5) is 30.1. The predicted molar refractivity (Wildman–Crippen MR) is 109 cm³/mol. The van der Waals surface area contributed by atoms with Gasteiger partial charge in [-0.05, 0) is 45.9 Å². The van der Waals surface area contributed by atoms with Gasteiger partial charge >= 0.3 is 5.97 Å². The van der Waals surface area contributed by atoms with E-state index in [2.05, 4.69) is 36.4 Å². The van der Waals surface area contributed by atoms with Gasteiger partial charge in [-0.3, -0.25) is 4.98 Å². The summed E-state index contributed by atoms with van der Waals surface area (Å²) in [5.74, 6) is -1.41. The fourth-order valence-electron chi connectivity index (χ4n) is 2.53. The number of thiophene rings is 1. The maximum Gasteiger partial charge on any atom is 0.332 e. The number of rotatable bonds is 7. The number of hydrogen-bond donors (Lipinski definition) is 1. The van der Waals surface area contributed by atoms with Gasteiger partial charge in [0, 0.05) is 23.7 Å². The van der Waals surface area contributed by atoms with E-state index in [9.17, 15) is 9.18 Å². The lowest BCUT2D eigenvalue weighted by atomic mass is 9.84. The first-order valence-corrected chi connectivity index (χ1v) is 10.2. The largest absolute Gasteiger partial charge is 0.342 e. The molecule has 0 aliphatic carbocycles. The van der Waals surface area contributed by atoms with E-state index in [4.69, 9.17) is 4.84 Å². The van der Waals surface area contributed by atoms with Gasteiger partial charge in [-0.25, -0.2) is 14.2 Å². The van der Waals surface area contributed by atoms with Gasteiger partial charge in [0.15, 0.2) is 10.6 Å². The van der Waals surface area contributed by atoms with Gasteiger partial charge in [-0.2, -0.15) is 10.5 Å². The molecule has 1 N–H and O–H groups in total. The van der Waals surface area contributed by atoms with Crippen molar-refractivity contribution in [1.82, 2.24) is 15.0 Å². The van der Waals surface area contributed by atoms with E-state index in [1.165, 1.54) is 11.3 Å². The van der Waals surface area contributed by atoms with Crippen LogP contribution in [0.2, 0.25) is 0 Å². The minimum atomic E-state index is -0.688. The predicted octanol–water partition coefficient (Wildman–Crippen LogP) is 5.13. The zero-order valence-corrected chi connectivity index (χ0v) is 17.7. The van der Waals surface area contributed by atoms with E-state index in [1.54, 1.807) is 18.3 Å². The molecule has 0 unspecified atom stereocenters. The smallest absolute Gasteiger partial charge is 0.332 e. The number of nitrogens with zero attached hydrogens (tertiary/aromatic N) is 3. The minimum Gasteiger partial charge on any atom is -0.342 e. The number of nitrogens with one attached hydrogen (secondary N) is 1. The first-order chi connectivity index (χ1) is 13.4. The second-order valence-corrected chi connectivity index (χ2v) is 8.31. The Morgan fingerprint density at radius 3 is 2.79 bits per heavy atom. The summed E-state index contributed by atoms with van der Waals surface area (Å²) in [5.41, 5.74) is 3.04. The van der Waals surface area contributed by atoms with Crippen LogP contribution in [-0.2, 0) is 15.0 Å². The summed E-state index contributed by atoms with van der Waals surface area (Å²) in [6.45, 7) is 4.01. The highest BCUT2D eigenvalue weighted by molar-refractivity contribution is 9.10. The van der Waals surface area contributed by atoms with Crippen LogP contribution < -0.4 is 5.48 Å². The number of carbonyl (C=O) groups is 1. The number of halogens is 2. The molecule has 3 aromatic rings. The van der Waals surface area contributed by atoms with Crippen LogP contribution in [0.5, 0.6) is 0 Å². The van der Waals surface area contributed by atoms with Crippen molar-refractivity contribution in [2.45, 2.75) is 32.1 Å². The van der Waals surface area contributed by atoms with Gasteiger partial charge in [-0.15, -0.1) is 11.3 Å². The Kier molecular flexibility index (Phi) is 6.35. The molecule has 0 fully saturated rings. The number of pyridine rings is 1. The van der Waals surface area contributed by atoms with Gasteiger partial charge in [0.2, 0.25) is 5.82 Å². The van der Waals surface area contributed by atoms with E-state index in [1.807, 2.05) is 37.4 Å². The van der Waals surface area contributed by atoms with Crippen LogP contribution in [0, 0.1) is 5.82 Å². The average Bonchev–Trinajstić information content (AvgIpc) is 3.22. The molecule has 3 heterocycles. The van der Waals surface area contributed by atoms with Crippen LogP contribution in [0.15, 0.2) is 46.6 Å². The molecular weight excluding hydrogens is 447 g/mol. The fraction of sp³-hybridized carbons (Fsp3) is 0.263. The Labute approximate surface area is 174 Å². The Morgan fingerprint density at radius 2 is 2.11 bits per heavy atom. The monoisotopic (exact) mass is 464 g/mol. The minimum absolute atomic E-state index is 0.131. The molecule has 0 spiro atoms. The number of aromatic nitrogens is 3. The standard InChI is InChI=1S/C19H18BrFN4O2S/c1-19(2,13-7-3-4-10-22-13)9-8-14(26)27-25-17-15(21)16(23-18(20)24-17)12-6-5-11-28-12/h3-7,10-11H,8-9H2,1-2H3,(H,23,24,25). The van der Waals surface area contributed by atoms with Gasteiger partial charge in [0.05, 0.1) is 4.88 Å². The second kappa shape index (κ2) is 8.74. The average molecular weight is 465 g/mol. The fourth-order valence-corrected chi connectivity index (χ4v) is 3.59. The van der Waals surface area contributed by atoms with Crippen molar-refractivity contribution in [1.29, 1.82) is 0 Å². The molecule has 0 amide bonds. The van der Waals surface area contributed by atoms with Crippen molar-refractivity contribution in [3.05, 3.63) is 58.2 Å². The van der Waals surface area contributed by atoms with E-state index in [0.29, 0.717) is 11.3 Å². The van der Waals surface area contributed by atoms with Crippen LogP contribution >= 0.6 is 27.3 Å². The van der Waals surface area contributed by atoms with Crippen molar-refractivity contribution in [2.24, 2.45) is 0 Å². The highest BCUT2D eigenvalue weighted by atomic mass is 79.9. The molecule has 146 valence electrons. The quantitative estimate of drug-likeness (QED) is 0.385. The van der Waals surface area contributed by atoms with Gasteiger partial charge < -0.3 is 4.84 Å². The zero-order chi connectivity index (χ0) is 20.1. The zero-order valence-electron chi connectivity index (χ0n) is 15.3. The molecule has 0 saturated heterocycles. The van der Waals surface area contributed by atoms with Crippen molar-refractivity contribution in [3.8, 4) is 10.6 Å². The molecule has 0 aliphatic rings. The lowest BCUT2D eigenvalue weighted by Gasteiger charge is -2.23. The van der Waals surface area contributed by atoms with Crippen LogP contribution in [0.1, 0.15) is 32.4 Å². The summed E-state index contributed by atoms with van der Waals surface area (Å²) < 4.78 is 14.8. The van der Waals surface area contributed by atoms with Crippen LogP contribution in [0.25, 0.3) is 10.6 Å². The lowest BCUT2D eigenvalue weighted by molar-refractivity contribution is -0.141. The van der Waals surface area contributed by atoms with Crippen LogP contribution in [0.3, 0.4) is 0 Å². The maximum atomic E-state index is 14.7. The summed E-state index contributed by atoms with van der Waals surface area (Å²) in [6, 6.07) is 9.22. The van der Waals surface area contributed by atoms with Crippen molar-refractivity contribution in [3.63, 3.8) is 0 Å². The Hall–Kier alpha value is -2.39. The Balaban J connectivity index is 1.62. The molecule has 0 bridgehead atoms. The molecule has 0 saturated carbocycles. The SMILES string of the molecule is CC(C)(CCC(=O)ONc1nc(Br)nc(-c2cccs2)c1F)c1ccccn1. The van der Waals surface area contributed by atoms with E-state index >= 15 is 0 Å². The number of carbonyl (C=O) groups excluding carboxylic acids is 1. The van der Waals surface area contributed by atoms with Crippen molar-refractivity contribution >= 4 is 39.1 Å². The number of anilines is 1. The third-order valence-electron chi connectivity index (χ3n) is 4.15. The molecule has 6 nitrogen and oxygen atoms in total. The summed E-state index contributed by atoms with van der Waals surface area (Å²) in [5, 5.41) is 1.82. The van der Waals surface area contributed by atoms with E-state index < -0.39 is 11.8 Å². The third kappa shape index (κ3) is 4.90. The molecule has 9 heteroatoms. The lowest BCUT2D eigenvalue weighted by Crippen LogP contribution is -2.22. The summed E-state index contributed by atoms with van der Waals surface area (Å²) in [6.07, 6.45) is 2.39. The molecule has 28 heavy (non-hydrogen) atoms. The molecule has 3 aromatic heterocycles. The van der Waals surface area contributed by atoms with Crippen molar-refractivity contribution < 1.29 is 14.0 Å². The van der Waals surface area contributed by atoms with Gasteiger partial charge in [0.25, 0.3) is 0 Å². The molecule has 0 aliphatic heterocycles. The summed E-state index contributed by atoms with van der Waals surface area (Å²) >= 11 is 4.50. The van der Waals surface area contributed by atoms with Gasteiger partial charge in [-0.1, -0.05) is 26.0 Å². The molecule has 0 radical (unpaired) electrons. The first-order valence-electron chi connectivity index (χ1n) is 8.51. The molecular formula is C19H18BrFN4O2S. The molecule has 0 atom stereocenters. The number of hydrogen-bond acceptors (Lipinski definition) is 7. The van der Waals surface area contributed by atoms with E-state index in [0.717, 1.165) is 5.69 Å².